The fraction of sp³-hybridized carbons (Fsp3) is 0.0588. The highest BCUT2D eigenvalue weighted by Gasteiger charge is 2.23. The number of hydrogen-bond acceptors (Lipinski definition) is 6. The van der Waals surface area contributed by atoms with E-state index < -0.39 is 10.0 Å². The monoisotopic (exact) mass is 438 g/mol. The SMILES string of the molecule is COc1ccc(Cl)cc1S(=O)(=O)Nc1nc2scc(-c3ccc(F)cc3)n2n1. The van der Waals surface area contributed by atoms with Gasteiger partial charge in [-0.25, -0.2) is 22.0 Å². The maximum atomic E-state index is 13.2. The predicted octanol–water partition coefficient (Wildman–Crippen LogP) is 4.06. The zero-order chi connectivity index (χ0) is 19.9. The van der Waals surface area contributed by atoms with Gasteiger partial charge in [0, 0.05) is 16.0 Å². The van der Waals surface area contributed by atoms with E-state index in [4.69, 9.17) is 16.3 Å². The van der Waals surface area contributed by atoms with Crippen molar-refractivity contribution in [3.8, 4) is 17.0 Å². The third kappa shape index (κ3) is 3.41. The van der Waals surface area contributed by atoms with Gasteiger partial charge in [0.2, 0.25) is 4.96 Å². The van der Waals surface area contributed by atoms with Crippen molar-refractivity contribution in [1.82, 2.24) is 14.6 Å². The highest BCUT2D eigenvalue weighted by molar-refractivity contribution is 7.92. The van der Waals surface area contributed by atoms with Crippen LogP contribution < -0.4 is 9.46 Å². The smallest absolute Gasteiger partial charge is 0.268 e. The molecule has 2 aromatic heterocycles. The van der Waals surface area contributed by atoms with Crippen LogP contribution in [-0.4, -0.2) is 30.1 Å². The van der Waals surface area contributed by atoms with E-state index in [9.17, 15) is 12.8 Å². The number of nitrogens with one attached hydrogen (secondary N) is 1. The molecule has 4 rings (SSSR count). The van der Waals surface area contributed by atoms with Crippen LogP contribution in [-0.2, 0) is 10.0 Å². The van der Waals surface area contributed by atoms with Crippen LogP contribution in [0, 0.1) is 5.82 Å². The molecule has 0 saturated heterocycles. The number of rotatable bonds is 5. The lowest BCUT2D eigenvalue weighted by molar-refractivity contribution is 0.403. The van der Waals surface area contributed by atoms with Crippen molar-refractivity contribution in [2.45, 2.75) is 4.90 Å². The van der Waals surface area contributed by atoms with E-state index in [1.807, 2.05) is 0 Å². The van der Waals surface area contributed by atoms with Crippen molar-refractivity contribution in [2.75, 3.05) is 11.8 Å². The van der Waals surface area contributed by atoms with E-state index in [0.717, 1.165) is 5.56 Å². The Labute approximate surface area is 168 Å². The summed E-state index contributed by atoms with van der Waals surface area (Å²) in [6, 6.07) is 10.2. The number of thiazole rings is 1. The second-order valence-electron chi connectivity index (χ2n) is 5.66. The standard InChI is InChI=1S/C17H12ClFN4O3S2/c1-26-14-7-4-11(18)8-15(14)28(24,25)22-16-20-17-23(21-16)13(9-27-17)10-2-5-12(19)6-3-10/h2-9H,1H3,(H,21,22). The first-order valence-electron chi connectivity index (χ1n) is 7.84. The van der Waals surface area contributed by atoms with Crippen LogP contribution in [0.2, 0.25) is 5.02 Å². The highest BCUT2D eigenvalue weighted by atomic mass is 35.5. The van der Waals surface area contributed by atoms with Crippen molar-refractivity contribution in [2.24, 2.45) is 0 Å². The van der Waals surface area contributed by atoms with E-state index in [2.05, 4.69) is 14.8 Å². The number of methoxy groups -OCH3 is 1. The van der Waals surface area contributed by atoms with Gasteiger partial charge in [0.1, 0.15) is 16.5 Å². The number of ether oxygens (including phenoxy) is 1. The number of sulfonamides is 1. The Hall–Kier alpha value is -2.69. The largest absolute Gasteiger partial charge is 0.495 e. The molecule has 4 aromatic rings. The van der Waals surface area contributed by atoms with E-state index in [0.29, 0.717) is 10.7 Å². The summed E-state index contributed by atoms with van der Waals surface area (Å²) in [5, 5.41) is 6.27. The van der Waals surface area contributed by atoms with Gasteiger partial charge in [0.25, 0.3) is 16.0 Å². The van der Waals surface area contributed by atoms with Crippen LogP contribution in [0.4, 0.5) is 10.3 Å². The van der Waals surface area contributed by atoms with E-state index in [-0.39, 0.29) is 27.4 Å². The molecule has 0 fully saturated rings. The van der Waals surface area contributed by atoms with Crippen LogP contribution in [0.5, 0.6) is 5.75 Å². The summed E-state index contributed by atoms with van der Waals surface area (Å²) in [6.45, 7) is 0. The third-order valence-corrected chi connectivity index (χ3v) is 6.26. The number of hydrogen-bond donors (Lipinski definition) is 1. The summed E-state index contributed by atoms with van der Waals surface area (Å²) < 4.78 is 47.6. The maximum absolute atomic E-state index is 13.2. The number of halogens is 2. The Balaban J connectivity index is 1.71. The normalized spacial score (nSPS) is 11.7. The average Bonchev–Trinajstić information content (AvgIpc) is 3.22. The zero-order valence-electron chi connectivity index (χ0n) is 14.3. The summed E-state index contributed by atoms with van der Waals surface area (Å²) in [6.07, 6.45) is 0. The topological polar surface area (TPSA) is 85.6 Å². The molecule has 0 bridgehead atoms. The summed E-state index contributed by atoms with van der Waals surface area (Å²) in [5.41, 5.74) is 1.39. The van der Waals surface area contributed by atoms with Gasteiger partial charge < -0.3 is 4.74 Å². The van der Waals surface area contributed by atoms with Crippen molar-refractivity contribution in [1.29, 1.82) is 0 Å². The van der Waals surface area contributed by atoms with Crippen molar-refractivity contribution in [3.63, 3.8) is 0 Å². The van der Waals surface area contributed by atoms with Crippen LogP contribution in [0.3, 0.4) is 0 Å². The first kappa shape index (κ1) is 18.7. The minimum Gasteiger partial charge on any atom is -0.495 e. The lowest BCUT2D eigenvalue weighted by atomic mass is 10.2. The Morgan fingerprint density at radius 2 is 1.96 bits per heavy atom. The van der Waals surface area contributed by atoms with Crippen LogP contribution >= 0.6 is 22.9 Å². The Bertz CT molecular complexity index is 1270. The minimum atomic E-state index is -4.03. The van der Waals surface area contributed by atoms with Crippen molar-refractivity contribution in [3.05, 3.63) is 58.7 Å². The second kappa shape index (κ2) is 7.04. The molecule has 0 aliphatic rings. The van der Waals surface area contributed by atoms with Crippen LogP contribution in [0.15, 0.2) is 52.7 Å². The lowest BCUT2D eigenvalue weighted by Gasteiger charge is -2.09. The summed E-state index contributed by atoms with van der Waals surface area (Å²) >= 11 is 7.20. The van der Waals surface area contributed by atoms with Crippen molar-refractivity contribution < 1.29 is 17.5 Å². The van der Waals surface area contributed by atoms with E-state index in [1.54, 1.807) is 17.5 Å². The van der Waals surface area contributed by atoms with Crippen LogP contribution in [0.1, 0.15) is 0 Å². The van der Waals surface area contributed by atoms with Crippen molar-refractivity contribution >= 4 is 43.9 Å². The molecule has 0 atom stereocenters. The summed E-state index contributed by atoms with van der Waals surface area (Å²) in [5.74, 6) is -0.306. The van der Waals surface area contributed by atoms with Crippen LogP contribution in [0.25, 0.3) is 16.2 Å². The molecular weight excluding hydrogens is 427 g/mol. The Kier molecular flexibility index (Phi) is 4.69. The van der Waals surface area contributed by atoms with Gasteiger partial charge in [0.15, 0.2) is 0 Å². The molecule has 144 valence electrons. The van der Waals surface area contributed by atoms with E-state index >= 15 is 0 Å². The fourth-order valence-electron chi connectivity index (χ4n) is 2.58. The highest BCUT2D eigenvalue weighted by Crippen LogP contribution is 2.30. The number of anilines is 1. The van der Waals surface area contributed by atoms with Gasteiger partial charge in [-0.15, -0.1) is 16.4 Å². The second-order valence-corrected chi connectivity index (χ2v) is 8.58. The molecule has 1 N–H and O–H groups in total. The number of benzene rings is 2. The molecule has 11 heteroatoms. The van der Waals surface area contributed by atoms with Gasteiger partial charge in [-0.3, -0.25) is 0 Å². The first-order chi connectivity index (χ1) is 13.4. The van der Waals surface area contributed by atoms with Gasteiger partial charge >= 0.3 is 0 Å². The van der Waals surface area contributed by atoms with Gasteiger partial charge in [0.05, 0.1) is 12.8 Å². The molecule has 0 saturated carbocycles. The average molecular weight is 439 g/mol. The molecule has 0 aliphatic carbocycles. The molecule has 0 radical (unpaired) electrons. The summed E-state index contributed by atoms with van der Waals surface area (Å²) in [7, 11) is -2.67. The Morgan fingerprint density at radius 1 is 1.21 bits per heavy atom. The minimum absolute atomic E-state index is 0.0998. The molecule has 2 heterocycles. The Morgan fingerprint density at radius 3 is 2.68 bits per heavy atom. The first-order valence-corrected chi connectivity index (χ1v) is 10.6. The quantitative estimate of drug-likeness (QED) is 0.508. The third-order valence-electron chi connectivity index (χ3n) is 3.86. The number of aromatic nitrogens is 3. The predicted molar refractivity (Wildman–Crippen MR) is 105 cm³/mol. The lowest BCUT2D eigenvalue weighted by Crippen LogP contribution is -2.15. The molecule has 28 heavy (non-hydrogen) atoms. The van der Waals surface area contributed by atoms with E-state index in [1.165, 1.54) is 53.3 Å². The molecule has 0 aliphatic heterocycles. The molecule has 0 unspecified atom stereocenters. The molecule has 7 nitrogen and oxygen atoms in total. The van der Waals surface area contributed by atoms with Gasteiger partial charge in [-0.05, 0) is 42.5 Å². The molecular formula is C17H12ClFN4O3S2. The summed E-state index contributed by atoms with van der Waals surface area (Å²) in [4.78, 5) is 4.55. The molecule has 2 aromatic carbocycles. The number of nitrogens with zero attached hydrogens (tertiary/aromatic N) is 3. The van der Waals surface area contributed by atoms with Gasteiger partial charge in [-0.1, -0.05) is 11.6 Å². The molecule has 0 amide bonds. The fourth-order valence-corrected chi connectivity index (χ4v) is 4.78. The van der Waals surface area contributed by atoms with Gasteiger partial charge in [-0.2, -0.15) is 4.98 Å². The molecule has 0 spiro atoms. The maximum Gasteiger partial charge on any atom is 0.268 e. The zero-order valence-corrected chi connectivity index (χ0v) is 16.6. The number of fused-ring (bicyclic) bond motifs is 1.